The summed E-state index contributed by atoms with van der Waals surface area (Å²) >= 11 is 0. The van der Waals surface area contributed by atoms with Crippen LogP contribution in [-0.2, 0) is 24.8 Å². The van der Waals surface area contributed by atoms with E-state index in [0.717, 1.165) is 5.56 Å². The zero-order valence-electron chi connectivity index (χ0n) is 17.2. The SMILES string of the molecule is CCc1nn(C)c(NCc2ccc(C(=O)N3CC(C)OC(C)C3)cc2)c1[N+](=O)[O-]. The Morgan fingerprint density at radius 1 is 1.28 bits per heavy atom. The number of carbonyl (C=O) groups excluding carboxylic acids is 1. The molecule has 29 heavy (non-hydrogen) atoms. The van der Waals surface area contributed by atoms with E-state index in [1.165, 1.54) is 4.68 Å². The molecular weight excluding hydrogens is 374 g/mol. The second-order valence-electron chi connectivity index (χ2n) is 7.40. The van der Waals surface area contributed by atoms with Crippen LogP contribution in [-0.4, -0.2) is 50.8 Å². The summed E-state index contributed by atoms with van der Waals surface area (Å²) in [4.78, 5) is 25.6. The van der Waals surface area contributed by atoms with Gasteiger partial charge in [0.25, 0.3) is 5.91 Å². The van der Waals surface area contributed by atoms with Gasteiger partial charge in [0.2, 0.25) is 5.82 Å². The molecule has 0 radical (unpaired) electrons. The van der Waals surface area contributed by atoms with Gasteiger partial charge in [-0.05, 0) is 38.0 Å². The number of nitrogens with zero attached hydrogens (tertiary/aromatic N) is 4. The van der Waals surface area contributed by atoms with E-state index in [0.29, 0.717) is 43.1 Å². The predicted octanol–water partition coefficient (Wildman–Crippen LogP) is 2.75. The number of nitrogens with one attached hydrogen (secondary N) is 1. The van der Waals surface area contributed by atoms with E-state index in [4.69, 9.17) is 4.74 Å². The first-order valence-electron chi connectivity index (χ1n) is 9.78. The molecule has 9 heteroatoms. The van der Waals surface area contributed by atoms with E-state index in [1.54, 1.807) is 19.2 Å². The maximum atomic E-state index is 12.7. The number of rotatable bonds is 6. The van der Waals surface area contributed by atoms with Gasteiger partial charge in [0.05, 0.1) is 17.1 Å². The largest absolute Gasteiger partial charge is 0.372 e. The Balaban J connectivity index is 1.68. The fourth-order valence-electron chi connectivity index (χ4n) is 3.67. The Morgan fingerprint density at radius 2 is 1.90 bits per heavy atom. The van der Waals surface area contributed by atoms with Crippen LogP contribution in [0.3, 0.4) is 0 Å². The Morgan fingerprint density at radius 3 is 2.45 bits per heavy atom. The fourth-order valence-corrected chi connectivity index (χ4v) is 3.67. The van der Waals surface area contributed by atoms with Gasteiger partial charge in [-0.2, -0.15) is 5.10 Å². The molecule has 1 N–H and O–H groups in total. The topological polar surface area (TPSA) is 103 Å². The number of amides is 1. The number of carbonyl (C=O) groups is 1. The number of aromatic nitrogens is 2. The van der Waals surface area contributed by atoms with Gasteiger partial charge >= 0.3 is 5.69 Å². The van der Waals surface area contributed by atoms with Gasteiger partial charge in [-0.1, -0.05) is 19.1 Å². The molecule has 0 spiro atoms. The third-order valence-electron chi connectivity index (χ3n) is 4.98. The van der Waals surface area contributed by atoms with Crippen LogP contribution in [0.1, 0.15) is 42.4 Å². The highest BCUT2D eigenvalue weighted by molar-refractivity contribution is 5.94. The van der Waals surface area contributed by atoms with Crippen LogP contribution in [0, 0.1) is 10.1 Å². The first kappa shape index (κ1) is 20.8. The van der Waals surface area contributed by atoms with Crippen LogP contribution in [0.25, 0.3) is 0 Å². The van der Waals surface area contributed by atoms with Crippen molar-refractivity contribution < 1.29 is 14.5 Å². The molecule has 0 bridgehead atoms. The molecule has 156 valence electrons. The van der Waals surface area contributed by atoms with Crippen LogP contribution in [0.2, 0.25) is 0 Å². The molecule has 1 saturated heterocycles. The van der Waals surface area contributed by atoms with Crippen molar-refractivity contribution in [3.05, 3.63) is 51.2 Å². The summed E-state index contributed by atoms with van der Waals surface area (Å²) < 4.78 is 7.18. The van der Waals surface area contributed by atoms with Crippen LogP contribution in [0.15, 0.2) is 24.3 Å². The lowest BCUT2D eigenvalue weighted by atomic mass is 10.1. The number of nitro groups is 1. The lowest BCUT2D eigenvalue weighted by Gasteiger charge is -2.35. The molecule has 1 aromatic carbocycles. The van der Waals surface area contributed by atoms with Crippen molar-refractivity contribution in [3.8, 4) is 0 Å². The van der Waals surface area contributed by atoms with Crippen LogP contribution in [0.5, 0.6) is 0 Å². The number of ether oxygens (including phenoxy) is 1. The predicted molar refractivity (Wildman–Crippen MR) is 109 cm³/mol. The van der Waals surface area contributed by atoms with Crippen LogP contribution >= 0.6 is 0 Å². The Bertz CT molecular complexity index is 883. The van der Waals surface area contributed by atoms with Crippen molar-refractivity contribution in [2.24, 2.45) is 7.05 Å². The Labute approximate surface area is 169 Å². The minimum atomic E-state index is -0.403. The number of hydrogen-bond donors (Lipinski definition) is 1. The summed E-state index contributed by atoms with van der Waals surface area (Å²) in [6, 6.07) is 7.30. The minimum Gasteiger partial charge on any atom is -0.372 e. The molecule has 0 aliphatic carbocycles. The molecule has 2 atom stereocenters. The summed E-state index contributed by atoms with van der Waals surface area (Å²) in [5, 5.41) is 18.7. The van der Waals surface area contributed by atoms with Crippen molar-refractivity contribution in [2.45, 2.75) is 45.9 Å². The molecule has 2 unspecified atom stereocenters. The van der Waals surface area contributed by atoms with Gasteiger partial charge in [-0.15, -0.1) is 0 Å². The van der Waals surface area contributed by atoms with Gasteiger partial charge < -0.3 is 15.0 Å². The monoisotopic (exact) mass is 401 g/mol. The summed E-state index contributed by atoms with van der Waals surface area (Å²) in [5.41, 5.74) is 2.00. The van der Waals surface area contributed by atoms with Crippen molar-refractivity contribution in [1.29, 1.82) is 0 Å². The van der Waals surface area contributed by atoms with Crippen molar-refractivity contribution in [2.75, 3.05) is 18.4 Å². The molecule has 1 aliphatic heterocycles. The number of benzene rings is 1. The number of morpholine rings is 1. The molecule has 1 aliphatic rings. The molecule has 2 heterocycles. The Hall–Kier alpha value is -2.94. The third-order valence-corrected chi connectivity index (χ3v) is 4.98. The normalized spacial score (nSPS) is 19.2. The summed E-state index contributed by atoms with van der Waals surface area (Å²) in [7, 11) is 1.68. The summed E-state index contributed by atoms with van der Waals surface area (Å²) in [6.07, 6.45) is 0.532. The van der Waals surface area contributed by atoms with Crippen molar-refractivity contribution >= 4 is 17.4 Å². The first-order valence-corrected chi connectivity index (χ1v) is 9.78. The average Bonchev–Trinajstić information content (AvgIpc) is 3.01. The highest BCUT2D eigenvalue weighted by atomic mass is 16.6. The van der Waals surface area contributed by atoms with Crippen LogP contribution in [0.4, 0.5) is 11.5 Å². The first-order chi connectivity index (χ1) is 13.8. The molecule has 0 saturated carbocycles. The highest BCUT2D eigenvalue weighted by Crippen LogP contribution is 2.28. The maximum absolute atomic E-state index is 12.7. The van der Waals surface area contributed by atoms with E-state index in [2.05, 4.69) is 10.4 Å². The van der Waals surface area contributed by atoms with Gasteiger partial charge in [-0.25, -0.2) is 4.68 Å². The number of hydrogen-bond acceptors (Lipinski definition) is 6. The van der Waals surface area contributed by atoms with E-state index in [-0.39, 0.29) is 23.8 Å². The van der Waals surface area contributed by atoms with Crippen molar-refractivity contribution in [3.63, 3.8) is 0 Å². The summed E-state index contributed by atoms with van der Waals surface area (Å²) in [5.74, 6) is 0.365. The zero-order valence-corrected chi connectivity index (χ0v) is 17.2. The van der Waals surface area contributed by atoms with Gasteiger partial charge in [0, 0.05) is 32.2 Å². The standard InChI is InChI=1S/C20H27N5O4/c1-5-17-18(25(27)28)19(23(4)22-17)21-10-15-6-8-16(9-7-15)20(26)24-11-13(2)29-14(3)12-24/h6-9,13-14,21H,5,10-12H2,1-4H3. The molecule has 1 fully saturated rings. The van der Waals surface area contributed by atoms with Crippen LogP contribution < -0.4 is 5.32 Å². The van der Waals surface area contributed by atoms with Gasteiger partial charge in [-0.3, -0.25) is 14.9 Å². The van der Waals surface area contributed by atoms with E-state index < -0.39 is 4.92 Å². The summed E-state index contributed by atoms with van der Waals surface area (Å²) in [6.45, 7) is 7.32. The average molecular weight is 401 g/mol. The number of anilines is 1. The quantitative estimate of drug-likeness (QED) is 0.590. The second-order valence-corrected chi connectivity index (χ2v) is 7.40. The smallest absolute Gasteiger partial charge is 0.333 e. The van der Waals surface area contributed by atoms with Crippen molar-refractivity contribution in [1.82, 2.24) is 14.7 Å². The van der Waals surface area contributed by atoms with Gasteiger partial charge in [0.1, 0.15) is 5.69 Å². The molecule has 1 aromatic heterocycles. The lowest BCUT2D eigenvalue weighted by molar-refractivity contribution is -0.384. The molecule has 2 aromatic rings. The third kappa shape index (κ3) is 4.56. The van der Waals surface area contributed by atoms with Gasteiger partial charge in [0.15, 0.2) is 0 Å². The Kier molecular flexibility index (Phi) is 6.17. The number of aryl methyl sites for hydroxylation is 2. The van der Waals surface area contributed by atoms with E-state index in [1.807, 2.05) is 37.8 Å². The fraction of sp³-hybridized carbons (Fsp3) is 0.500. The molecule has 1 amide bonds. The minimum absolute atomic E-state index is 0.0114. The molecule has 9 nitrogen and oxygen atoms in total. The van der Waals surface area contributed by atoms with E-state index >= 15 is 0 Å². The molecule has 3 rings (SSSR count). The zero-order chi connectivity index (χ0) is 21.1. The lowest BCUT2D eigenvalue weighted by Crippen LogP contribution is -2.48. The molecular formula is C20H27N5O4. The highest BCUT2D eigenvalue weighted by Gasteiger charge is 2.27. The maximum Gasteiger partial charge on any atom is 0.333 e. The van der Waals surface area contributed by atoms with E-state index in [9.17, 15) is 14.9 Å². The second kappa shape index (κ2) is 8.60.